The zero-order valence-corrected chi connectivity index (χ0v) is 8.23. The zero-order valence-electron chi connectivity index (χ0n) is 8.23. The molecule has 0 amide bonds. The van der Waals surface area contributed by atoms with Crippen LogP contribution in [0.25, 0.3) is 0 Å². The number of hydrogen-bond donors (Lipinski definition) is 1. The van der Waals surface area contributed by atoms with Crippen LogP contribution in [0.1, 0.15) is 36.7 Å². The summed E-state index contributed by atoms with van der Waals surface area (Å²) >= 11 is 0. The molecule has 1 aromatic heterocycles. The number of carbonyl (C=O) groups is 1. The molecule has 0 bridgehead atoms. The number of aliphatic carboxylic acids is 1. The van der Waals surface area contributed by atoms with Gasteiger partial charge in [0.2, 0.25) is 0 Å². The quantitative estimate of drug-likeness (QED) is 0.786. The molecule has 4 heteroatoms. The molecule has 1 N–H and O–H groups in total. The number of rotatable bonds is 4. The van der Waals surface area contributed by atoms with Gasteiger partial charge < -0.3 is 9.67 Å². The van der Waals surface area contributed by atoms with E-state index >= 15 is 0 Å². The van der Waals surface area contributed by atoms with Crippen LogP contribution >= 0.6 is 0 Å². The number of aryl methyl sites for hydroxylation is 1. The van der Waals surface area contributed by atoms with Crippen molar-refractivity contribution in [2.24, 2.45) is 7.05 Å². The third-order valence-corrected chi connectivity index (χ3v) is 2.68. The maximum atomic E-state index is 10.4. The molecule has 1 saturated carbocycles. The second kappa shape index (κ2) is 3.44. The second-order valence-electron chi connectivity index (χ2n) is 3.83. The van der Waals surface area contributed by atoms with Crippen molar-refractivity contribution in [3.8, 4) is 0 Å². The van der Waals surface area contributed by atoms with E-state index in [1.807, 2.05) is 17.8 Å². The van der Waals surface area contributed by atoms with Crippen LogP contribution in [0.15, 0.2) is 6.20 Å². The number of hydrogen-bond acceptors (Lipinski definition) is 2. The first kappa shape index (κ1) is 9.24. The minimum absolute atomic E-state index is 0.162. The van der Waals surface area contributed by atoms with Gasteiger partial charge in [-0.25, -0.2) is 4.98 Å². The largest absolute Gasteiger partial charge is 0.481 e. The van der Waals surface area contributed by atoms with Gasteiger partial charge in [-0.05, 0) is 12.8 Å². The third-order valence-electron chi connectivity index (χ3n) is 2.68. The van der Waals surface area contributed by atoms with Crippen LogP contribution in [0, 0.1) is 0 Å². The number of carboxylic acid groups (broad SMARTS) is 1. The highest BCUT2D eigenvalue weighted by Gasteiger charge is 2.27. The highest BCUT2D eigenvalue weighted by atomic mass is 16.4. The van der Waals surface area contributed by atoms with Crippen molar-refractivity contribution >= 4 is 5.97 Å². The van der Waals surface area contributed by atoms with E-state index in [1.165, 1.54) is 18.5 Å². The fraction of sp³-hybridized carbons (Fsp3) is 0.600. The lowest BCUT2D eigenvalue weighted by Gasteiger charge is -2.03. The Morgan fingerprint density at radius 2 is 2.43 bits per heavy atom. The zero-order chi connectivity index (χ0) is 10.1. The number of carboxylic acids is 1. The van der Waals surface area contributed by atoms with Crippen molar-refractivity contribution < 1.29 is 9.90 Å². The smallest absolute Gasteiger partial charge is 0.303 e. The molecule has 0 aromatic carbocycles. The topological polar surface area (TPSA) is 55.1 Å². The van der Waals surface area contributed by atoms with Gasteiger partial charge in [0.15, 0.2) is 0 Å². The predicted molar refractivity (Wildman–Crippen MR) is 51.1 cm³/mol. The summed E-state index contributed by atoms with van der Waals surface area (Å²) < 4.78 is 2.04. The average molecular weight is 194 g/mol. The summed E-state index contributed by atoms with van der Waals surface area (Å²) in [6.07, 6.45) is 5.07. The Morgan fingerprint density at radius 3 is 3.00 bits per heavy atom. The Morgan fingerprint density at radius 1 is 1.71 bits per heavy atom. The first-order valence-electron chi connectivity index (χ1n) is 4.90. The van der Waals surface area contributed by atoms with Gasteiger partial charge in [0, 0.05) is 31.3 Å². The second-order valence-corrected chi connectivity index (χ2v) is 3.83. The molecule has 14 heavy (non-hydrogen) atoms. The van der Waals surface area contributed by atoms with E-state index in [0.717, 1.165) is 5.82 Å². The summed E-state index contributed by atoms with van der Waals surface area (Å²) in [5.74, 6) is 0.793. The molecular formula is C10H14N2O2. The summed E-state index contributed by atoms with van der Waals surface area (Å²) in [5, 5.41) is 8.56. The van der Waals surface area contributed by atoms with Gasteiger partial charge in [-0.15, -0.1) is 0 Å². The van der Waals surface area contributed by atoms with Gasteiger partial charge >= 0.3 is 5.97 Å². The number of imidazole rings is 1. The summed E-state index contributed by atoms with van der Waals surface area (Å²) in [4.78, 5) is 14.6. The van der Waals surface area contributed by atoms with Crippen LogP contribution in [0.2, 0.25) is 0 Å². The Labute approximate surface area is 82.6 Å². The molecule has 2 rings (SSSR count). The van der Waals surface area contributed by atoms with Crippen LogP contribution in [0.4, 0.5) is 0 Å². The Bertz CT molecular complexity index is 353. The summed E-state index contributed by atoms with van der Waals surface area (Å²) in [6.45, 7) is 0. The van der Waals surface area contributed by atoms with E-state index in [2.05, 4.69) is 4.98 Å². The van der Waals surface area contributed by atoms with Gasteiger partial charge in [-0.1, -0.05) is 0 Å². The molecular weight excluding hydrogens is 180 g/mol. The van der Waals surface area contributed by atoms with E-state index in [0.29, 0.717) is 12.3 Å². The van der Waals surface area contributed by atoms with Crippen molar-refractivity contribution in [3.05, 3.63) is 17.7 Å². The molecule has 0 unspecified atom stereocenters. The minimum atomic E-state index is -0.763. The minimum Gasteiger partial charge on any atom is -0.481 e. The van der Waals surface area contributed by atoms with Crippen LogP contribution < -0.4 is 0 Å². The van der Waals surface area contributed by atoms with E-state index in [4.69, 9.17) is 5.11 Å². The fourth-order valence-electron chi connectivity index (χ4n) is 1.67. The van der Waals surface area contributed by atoms with Crippen LogP contribution in [-0.4, -0.2) is 20.6 Å². The Kier molecular flexibility index (Phi) is 2.27. The Hall–Kier alpha value is -1.32. The summed E-state index contributed by atoms with van der Waals surface area (Å²) in [6, 6.07) is 0. The van der Waals surface area contributed by atoms with Crippen molar-refractivity contribution in [2.45, 2.75) is 31.6 Å². The van der Waals surface area contributed by atoms with Gasteiger partial charge in [-0.2, -0.15) is 0 Å². The first-order chi connectivity index (χ1) is 6.68. The standard InChI is InChI=1S/C10H14N2O2/c1-12-8(7-2-3-7)6-11-9(12)4-5-10(13)14/h6-7H,2-5H2,1H3,(H,13,14). The highest BCUT2D eigenvalue weighted by Crippen LogP contribution is 2.39. The van der Waals surface area contributed by atoms with Crippen molar-refractivity contribution in [1.29, 1.82) is 0 Å². The van der Waals surface area contributed by atoms with Crippen LogP contribution in [0.5, 0.6) is 0 Å². The molecule has 76 valence electrons. The highest BCUT2D eigenvalue weighted by molar-refractivity contribution is 5.66. The molecule has 1 aliphatic rings. The third kappa shape index (κ3) is 1.78. The number of nitrogens with zero attached hydrogens (tertiary/aromatic N) is 2. The van der Waals surface area contributed by atoms with Gasteiger partial charge in [-0.3, -0.25) is 4.79 Å². The molecule has 0 spiro atoms. The summed E-state index contributed by atoms with van der Waals surface area (Å²) in [7, 11) is 1.97. The van der Waals surface area contributed by atoms with Crippen molar-refractivity contribution in [2.75, 3.05) is 0 Å². The molecule has 0 radical (unpaired) electrons. The maximum Gasteiger partial charge on any atom is 0.303 e. The van der Waals surface area contributed by atoms with Crippen molar-refractivity contribution in [3.63, 3.8) is 0 Å². The number of aromatic nitrogens is 2. The maximum absolute atomic E-state index is 10.4. The average Bonchev–Trinajstić information content (AvgIpc) is 2.89. The lowest BCUT2D eigenvalue weighted by atomic mass is 10.3. The van der Waals surface area contributed by atoms with E-state index in [1.54, 1.807) is 0 Å². The monoisotopic (exact) mass is 194 g/mol. The molecule has 1 fully saturated rings. The summed E-state index contributed by atoms with van der Waals surface area (Å²) in [5.41, 5.74) is 1.25. The lowest BCUT2D eigenvalue weighted by Crippen LogP contribution is -2.04. The molecule has 1 heterocycles. The normalized spacial score (nSPS) is 15.8. The van der Waals surface area contributed by atoms with E-state index in [-0.39, 0.29) is 6.42 Å². The van der Waals surface area contributed by atoms with E-state index < -0.39 is 5.97 Å². The molecule has 1 aromatic rings. The van der Waals surface area contributed by atoms with Crippen LogP contribution in [0.3, 0.4) is 0 Å². The van der Waals surface area contributed by atoms with E-state index in [9.17, 15) is 4.79 Å². The SMILES string of the molecule is Cn1c(C2CC2)cnc1CCC(=O)O. The van der Waals surface area contributed by atoms with Crippen LogP contribution in [-0.2, 0) is 18.3 Å². The Balaban J connectivity index is 2.06. The van der Waals surface area contributed by atoms with Gasteiger partial charge in [0.1, 0.15) is 5.82 Å². The lowest BCUT2D eigenvalue weighted by molar-refractivity contribution is -0.137. The van der Waals surface area contributed by atoms with Gasteiger partial charge in [0.05, 0.1) is 6.42 Å². The van der Waals surface area contributed by atoms with Gasteiger partial charge in [0.25, 0.3) is 0 Å². The molecule has 0 atom stereocenters. The van der Waals surface area contributed by atoms with Crippen molar-refractivity contribution in [1.82, 2.24) is 9.55 Å². The fourth-order valence-corrected chi connectivity index (χ4v) is 1.67. The first-order valence-corrected chi connectivity index (χ1v) is 4.90. The molecule has 4 nitrogen and oxygen atoms in total. The predicted octanol–water partition coefficient (Wildman–Crippen LogP) is 1.31. The molecule has 1 aliphatic carbocycles. The molecule has 0 saturated heterocycles. The molecule has 0 aliphatic heterocycles.